The molecule has 121 heavy (non-hydrogen) atoms. The van der Waals surface area contributed by atoms with Crippen molar-refractivity contribution in [3.63, 3.8) is 0 Å². The molecule has 10 aliphatic heterocycles. The standard InChI is InChI=1S/C49H61N9O6.C43H52N10O4/c1-30-26-56(42-24-35(12-17-50-42)45-39-22-34(6-9-40(39)52-53-45)23-44(60)64-49(3,4)5)27-31(2)57(30)29-33-13-18-54(19-14-33)28-32-15-20-55(21-16-32)36-7-8-37-38(25-36)48(63)58(47(37)62)41-10-11-43(59)51-46(41)61;1-26-22-51(38-19-30(9-14-45-38)40-35-20-31(44)3-6-36(35)47-48-40)23-27(2)52(26)25-29-10-15-49(16-11-29)24-28-12-17-50(18-13-28)32-4-5-33-34(21-32)43(57)53(42(33)56)37-7-8-39(54)46-41(37)55/h6-9,12,17,22,24-25,30-33,41H,10-11,13-16,18-21,23,26-29H2,1-5H3,(H,52,53)(H,51,59,61);3-6,9,14,19-21,26-29,37H,7-8,10-13,15-18,22-25,44H2,1-2H3,(H,47,48)(H,46,54,55)/t30-,31+,41?;26-,27+,37?. The molecule has 0 radical (unpaired) electrons. The van der Waals surface area contributed by atoms with Crippen LogP contribution in [-0.2, 0) is 35.1 Å². The summed E-state index contributed by atoms with van der Waals surface area (Å²) in [7, 11) is 0. The number of likely N-dealkylation sites (tertiary alicyclic amines) is 2. The molecule has 8 aromatic rings. The number of nitrogens with two attached hydrogens (primary N) is 1. The Kier molecular flexibility index (Phi) is 23.5. The number of ether oxygens (including phenoxy) is 1. The normalized spacial score (nSPS) is 23.8. The van der Waals surface area contributed by atoms with E-state index in [1.165, 1.54) is 25.7 Å². The molecule has 4 aromatic carbocycles. The van der Waals surface area contributed by atoms with Gasteiger partial charge in [-0.3, -0.25) is 83.6 Å². The highest BCUT2D eigenvalue weighted by Gasteiger charge is 2.48. The molecule has 636 valence electrons. The fourth-order valence-corrected chi connectivity index (χ4v) is 20.6. The van der Waals surface area contributed by atoms with Crippen molar-refractivity contribution in [1.29, 1.82) is 0 Å². The van der Waals surface area contributed by atoms with Crippen molar-refractivity contribution in [1.82, 2.24) is 70.4 Å². The molecule has 14 heterocycles. The maximum atomic E-state index is 13.4. The third-order valence-electron chi connectivity index (χ3n) is 27.1. The number of hydrogen-bond donors (Lipinski definition) is 5. The summed E-state index contributed by atoms with van der Waals surface area (Å²) in [4.78, 5) is 146. The van der Waals surface area contributed by atoms with Gasteiger partial charge in [0.1, 0.15) is 40.7 Å². The summed E-state index contributed by atoms with van der Waals surface area (Å²) in [5, 5.41) is 22.1. The summed E-state index contributed by atoms with van der Waals surface area (Å²) >= 11 is 0. The minimum Gasteiger partial charge on any atom is -0.460 e. The molecule has 0 spiro atoms. The van der Waals surface area contributed by atoms with Gasteiger partial charge in [-0.1, -0.05) is 6.07 Å². The van der Waals surface area contributed by atoms with Crippen LogP contribution in [0.5, 0.6) is 0 Å². The van der Waals surface area contributed by atoms with Crippen molar-refractivity contribution < 1.29 is 47.9 Å². The highest BCUT2D eigenvalue weighted by atomic mass is 16.6. The van der Waals surface area contributed by atoms with E-state index in [1.54, 1.807) is 18.2 Å². The van der Waals surface area contributed by atoms with Crippen LogP contribution in [0.3, 0.4) is 0 Å². The number of amides is 8. The zero-order chi connectivity index (χ0) is 84.2. The van der Waals surface area contributed by atoms with Crippen molar-refractivity contribution in [2.24, 2.45) is 23.7 Å². The van der Waals surface area contributed by atoms with Crippen LogP contribution in [0.4, 0.5) is 28.7 Å². The van der Waals surface area contributed by atoms with Crippen molar-refractivity contribution >= 4 is 104 Å². The second kappa shape index (κ2) is 34.5. The van der Waals surface area contributed by atoms with E-state index >= 15 is 0 Å². The van der Waals surface area contributed by atoms with Crippen molar-refractivity contribution in [2.45, 2.75) is 174 Å². The predicted octanol–water partition coefficient (Wildman–Crippen LogP) is 9.57. The predicted molar refractivity (Wildman–Crippen MR) is 463 cm³/mol. The molecule has 18 rings (SSSR count). The van der Waals surface area contributed by atoms with Crippen molar-refractivity contribution in [2.75, 3.05) is 130 Å². The summed E-state index contributed by atoms with van der Waals surface area (Å²) in [6.07, 6.45) is 13.6. The van der Waals surface area contributed by atoms with E-state index in [-0.39, 0.29) is 49.9 Å². The zero-order valence-electron chi connectivity index (χ0n) is 70.6. The van der Waals surface area contributed by atoms with Gasteiger partial charge in [0.25, 0.3) is 23.6 Å². The van der Waals surface area contributed by atoms with Gasteiger partial charge in [0.15, 0.2) is 0 Å². The number of imide groups is 4. The van der Waals surface area contributed by atoms with Crippen LogP contribution in [0.1, 0.15) is 173 Å². The second-order valence-electron chi connectivity index (χ2n) is 36.7. The van der Waals surface area contributed by atoms with Crippen LogP contribution >= 0.6 is 0 Å². The number of nitrogens with zero attached hydrogens (tertiary/aromatic N) is 14. The molecular formula is C92H113N19O10. The van der Waals surface area contributed by atoms with E-state index in [2.05, 4.69) is 110 Å². The number of aromatic amines is 2. The van der Waals surface area contributed by atoms with Gasteiger partial charge >= 0.3 is 5.97 Å². The van der Waals surface area contributed by atoms with E-state index in [4.69, 9.17) is 20.4 Å². The van der Waals surface area contributed by atoms with Crippen molar-refractivity contribution in [3.8, 4) is 22.5 Å². The number of piperazine rings is 2. The number of fused-ring (bicyclic) bond motifs is 4. The van der Waals surface area contributed by atoms with E-state index in [9.17, 15) is 43.2 Å². The number of esters is 1. The van der Waals surface area contributed by atoms with E-state index in [1.807, 2.05) is 99.9 Å². The summed E-state index contributed by atoms with van der Waals surface area (Å²) in [5.41, 5.74) is 16.0. The van der Waals surface area contributed by atoms with Crippen LogP contribution in [-0.4, -0.2) is 260 Å². The fraction of sp³-hybridized carbons (Fsp3) is 0.511. The fourth-order valence-electron chi connectivity index (χ4n) is 20.6. The van der Waals surface area contributed by atoms with Gasteiger partial charge < -0.3 is 39.9 Å². The van der Waals surface area contributed by atoms with Crippen LogP contribution in [0.15, 0.2) is 109 Å². The molecule has 8 fully saturated rings. The largest absolute Gasteiger partial charge is 0.460 e. The smallest absolute Gasteiger partial charge is 0.310 e. The van der Waals surface area contributed by atoms with Gasteiger partial charge in [0.05, 0.1) is 39.7 Å². The Labute approximate surface area is 705 Å². The Morgan fingerprint density at radius 1 is 0.446 bits per heavy atom. The van der Waals surface area contributed by atoms with Crippen LogP contribution in [0.2, 0.25) is 0 Å². The maximum Gasteiger partial charge on any atom is 0.310 e. The number of carbonyl (C=O) groups excluding carboxylic acids is 9. The molecular weight excluding hydrogens is 1530 g/mol. The quantitative estimate of drug-likeness (QED) is 0.0303. The zero-order valence-corrected chi connectivity index (χ0v) is 70.6. The van der Waals surface area contributed by atoms with Gasteiger partial charge in [0, 0.05) is 167 Å². The summed E-state index contributed by atoms with van der Waals surface area (Å²) in [6, 6.07) is 30.7. The Bertz CT molecular complexity index is 5270. The topological polar surface area (TPSA) is 328 Å². The lowest BCUT2D eigenvalue weighted by Gasteiger charge is -2.47. The number of carbonyl (C=O) groups is 9. The number of H-pyrrole nitrogens is 2. The number of nitrogens with one attached hydrogen (secondary N) is 4. The van der Waals surface area contributed by atoms with Crippen LogP contribution in [0, 0.1) is 23.7 Å². The first kappa shape index (κ1) is 82.3. The van der Waals surface area contributed by atoms with Gasteiger partial charge in [-0.05, 0) is 259 Å². The van der Waals surface area contributed by atoms with Crippen LogP contribution < -0.4 is 36.0 Å². The second-order valence-corrected chi connectivity index (χ2v) is 36.7. The first-order chi connectivity index (χ1) is 58.3. The highest BCUT2D eigenvalue weighted by molar-refractivity contribution is 6.25. The first-order valence-corrected chi connectivity index (χ1v) is 43.8. The molecule has 2 unspecified atom stereocenters. The van der Waals surface area contributed by atoms with Gasteiger partial charge in [-0.25, -0.2) is 9.97 Å². The number of nitrogen functional groups attached to an aromatic ring is 1. The molecule has 6 N–H and O–H groups in total. The third kappa shape index (κ3) is 17.6. The van der Waals surface area contributed by atoms with E-state index < -0.39 is 53.1 Å². The van der Waals surface area contributed by atoms with Gasteiger partial charge in [0.2, 0.25) is 23.6 Å². The van der Waals surface area contributed by atoms with E-state index in [0.29, 0.717) is 70.1 Å². The number of piperidine rings is 6. The average Bonchev–Trinajstić information content (AvgIpc) is 1.60. The molecule has 29 nitrogen and oxygen atoms in total. The van der Waals surface area contributed by atoms with Crippen molar-refractivity contribution in [3.05, 3.63) is 137 Å². The monoisotopic (exact) mass is 1640 g/mol. The minimum atomic E-state index is -0.960. The number of rotatable bonds is 18. The SMILES string of the molecule is C[C@@H]1CN(c2cc(-c3n[nH]c4ccc(CC(=O)OC(C)(C)C)cc34)ccn2)C[C@H](C)N1CC1CCN(CC2CCN(c3ccc4c(c3)C(=O)N(C3CCC(=O)NC3=O)C4=O)CC2)CC1.C[C@@H]1CN(c2cc(-c3n[nH]c4ccc(N)cc34)ccn2)C[C@H](C)N1CC1CCN(CC2CCN(c3ccc4c(c3)C(=O)N(C3CCC(=O)NC3=O)C4=O)CC2)CC1. The Hall–Kier alpha value is -11.0. The lowest BCUT2D eigenvalue weighted by Crippen LogP contribution is -2.58. The van der Waals surface area contributed by atoms with Gasteiger partial charge in [-0.15, -0.1) is 0 Å². The summed E-state index contributed by atoms with van der Waals surface area (Å²) in [5.74, 6) is 0.506. The molecule has 8 amide bonds. The third-order valence-corrected chi connectivity index (χ3v) is 27.1. The Balaban J connectivity index is 0.000000173. The molecule has 0 bridgehead atoms. The Morgan fingerprint density at radius 3 is 1.26 bits per heavy atom. The number of anilines is 5. The molecule has 8 saturated heterocycles. The molecule has 10 aliphatic rings. The van der Waals surface area contributed by atoms with E-state index in [0.717, 1.165) is 219 Å². The number of pyridine rings is 2. The minimum absolute atomic E-state index is 0.103. The number of benzene rings is 4. The Morgan fingerprint density at radius 2 is 0.843 bits per heavy atom. The summed E-state index contributed by atoms with van der Waals surface area (Å²) in [6.45, 7) is 31.3. The first-order valence-electron chi connectivity index (χ1n) is 43.8. The lowest BCUT2D eigenvalue weighted by atomic mass is 9.91. The lowest BCUT2D eigenvalue weighted by molar-refractivity contribution is -0.154. The maximum absolute atomic E-state index is 13.4. The average molecular weight is 1650 g/mol. The molecule has 6 atom stereocenters. The molecule has 0 saturated carbocycles. The number of aromatic nitrogens is 6. The number of hydrogen-bond acceptors (Lipinski definition) is 23. The van der Waals surface area contributed by atoms with Gasteiger partial charge in [-0.2, -0.15) is 10.2 Å². The molecule has 4 aromatic heterocycles. The van der Waals surface area contributed by atoms with Crippen LogP contribution in [0.25, 0.3) is 44.3 Å². The molecule has 0 aliphatic carbocycles. The molecule has 29 heteroatoms. The highest BCUT2D eigenvalue weighted by Crippen LogP contribution is 2.39. The summed E-state index contributed by atoms with van der Waals surface area (Å²) < 4.78 is 5.56.